The Morgan fingerprint density at radius 2 is 2.58 bits per heavy atom. The standard InChI is InChI=1S/C7H13FN2O2/c8-5-12-7(11)10-6-2-1-3-9-4-6/h6,9H,1-5H2,(H,10,11). The van der Waals surface area contributed by atoms with E-state index in [2.05, 4.69) is 15.4 Å². The molecule has 70 valence electrons. The number of carbonyl (C=O) groups is 1. The SMILES string of the molecule is O=C(NC1CCCNC1)OCF. The van der Waals surface area contributed by atoms with Gasteiger partial charge in [0, 0.05) is 12.6 Å². The fraction of sp³-hybridized carbons (Fsp3) is 0.857. The second-order valence-electron chi connectivity index (χ2n) is 2.73. The second-order valence-corrected chi connectivity index (χ2v) is 2.73. The van der Waals surface area contributed by atoms with Gasteiger partial charge in [-0.3, -0.25) is 0 Å². The highest BCUT2D eigenvalue weighted by Gasteiger charge is 2.15. The summed E-state index contributed by atoms with van der Waals surface area (Å²) in [7, 11) is 0. The number of alkyl carbamates (subject to hydrolysis) is 1. The molecule has 0 radical (unpaired) electrons. The summed E-state index contributed by atoms with van der Waals surface area (Å²) in [6.45, 7) is 0.656. The predicted octanol–water partition coefficient (Wildman–Crippen LogP) is 0.392. The third kappa shape index (κ3) is 3.04. The van der Waals surface area contributed by atoms with Gasteiger partial charge in [0.05, 0.1) is 0 Å². The van der Waals surface area contributed by atoms with Crippen LogP contribution in [0.15, 0.2) is 0 Å². The molecule has 5 heteroatoms. The maximum absolute atomic E-state index is 11.5. The summed E-state index contributed by atoms with van der Waals surface area (Å²) in [5.74, 6) is 0. The Morgan fingerprint density at radius 1 is 1.75 bits per heavy atom. The molecule has 12 heavy (non-hydrogen) atoms. The molecule has 0 aromatic heterocycles. The minimum absolute atomic E-state index is 0.0813. The summed E-state index contributed by atoms with van der Waals surface area (Å²) in [5, 5.41) is 5.67. The molecule has 2 N–H and O–H groups in total. The van der Waals surface area contributed by atoms with Crippen molar-refractivity contribution in [3.8, 4) is 0 Å². The molecular weight excluding hydrogens is 163 g/mol. The average Bonchev–Trinajstić information content (AvgIpc) is 2.06. The van der Waals surface area contributed by atoms with Crippen LogP contribution in [0.2, 0.25) is 0 Å². The summed E-state index contributed by atoms with van der Waals surface area (Å²) in [6, 6.07) is 0.0813. The van der Waals surface area contributed by atoms with Crippen LogP contribution >= 0.6 is 0 Å². The number of piperidine rings is 1. The van der Waals surface area contributed by atoms with E-state index >= 15 is 0 Å². The quantitative estimate of drug-likeness (QED) is 0.640. The maximum atomic E-state index is 11.5. The second kappa shape index (κ2) is 4.92. The lowest BCUT2D eigenvalue weighted by atomic mass is 10.1. The molecule has 1 rings (SSSR count). The zero-order valence-corrected chi connectivity index (χ0v) is 6.81. The van der Waals surface area contributed by atoms with Gasteiger partial charge in [-0.2, -0.15) is 0 Å². The zero-order chi connectivity index (χ0) is 8.81. The summed E-state index contributed by atoms with van der Waals surface area (Å²) in [6.07, 6.45) is 1.28. The molecule has 0 aromatic carbocycles. The lowest BCUT2D eigenvalue weighted by molar-refractivity contribution is 0.0943. The molecule has 4 nitrogen and oxygen atoms in total. The Bertz CT molecular complexity index is 148. The van der Waals surface area contributed by atoms with Crippen molar-refractivity contribution in [1.82, 2.24) is 10.6 Å². The van der Waals surface area contributed by atoms with Crippen LogP contribution in [-0.4, -0.2) is 32.1 Å². The largest absolute Gasteiger partial charge is 0.418 e. The van der Waals surface area contributed by atoms with Gasteiger partial charge in [0.25, 0.3) is 0 Å². The van der Waals surface area contributed by atoms with Crippen LogP contribution in [-0.2, 0) is 4.74 Å². The van der Waals surface area contributed by atoms with E-state index in [0.29, 0.717) is 0 Å². The Hall–Kier alpha value is -0.840. The van der Waals surface area contributed by atoms with Gasteiger partial charge in [-0.1, -0.05) is 0 Å². The number of nitrogens with one attached hydrogen (secondary N) is 2. The van der Waals surface area contributed by atoms with Crippen LogP contribution in [0.25, 0.3) is 0 Å². The van der Waals surface area contributed by atoms with E-state index in [4.69, 9.17) is 0 Å². The average molecular weight is 176 g/mol. The molecular formula is C7H13FN2O2. The Kier molecular flexibility index (Phi) is 3.79. The summed E-state index contributed by atoms with van der Waals surface area (Å²) < 4.78 is 15.6. The Balaban J connectivity index is 2.15. The van der Waals surface area contributed by atoms with Crippen molar-refractivity contribution < 1.29 is 13.9 Å². The van der Waals surface area contributed by atoms with Gasteiger partial charge in [0.1, 0.15) is 0 Å². The number of ether oxygens (including phenoxy) is 1. The van der Waals surface area contributed by atoms with Gasteiger partial charge < -0.3 is 15.4 Å². The molecule has 0 aromatic rings. The smallest absolute Gasteiger partial charge is 0.409 e. The summed E-state index contributed by atoms with van der Waals surface area (Å²) >= 11 is 0. The first-order chi connectivity index (χ1) is 5.83. The maximum Gasteiger partial charge on any atom is 0.409 e. The zero-order valence-electron chi connectivity index (χ0n) is 6.81. The van der Waals surface area contributed by atoms with Crippen LogP contribution in [0, 0.1) is 0 Å². The minimum atomic E-state index is -1.06. The third-order valence-corrected chi connectivity index (χ3v) is 1.80. The molecule has 1 aliphatic rings. The van der Waals surface area contributed by atoms with E-state index < -0.39 is 13.0 Å². The highest BCUT2D eigenvalue weighted by Crippen LogP contribution is 2.00. The lowest BCUT2D eigenvalue weighted by Crippen LogP contribution is -2.45. The van der Waals surface area contributed by atoms with Crippen molar-refractivity contribution in [2.45, 2.75) is 18.9 Å². The minimum Gasteiger partial charge on any atom is -0.418 e. The first kappa shape index (κ1) is 9.25. The van der Waals surface area contributed by atoms with Gasteiger partial charge >= 0.3 is 6.09 Å². The predicted molar refractivity (Wildman–Crippen MR) is 41.5 cm³/mol. The molecule has 1 heterocycles. The normalized spacial score (nSPS) is 23.2. The fourth-order valence-corrected chi connectivity index (χ4v) is 1.23. The number of amides is 1. The molecule has 1 fully saturated rings. The molecule has 1 atom stereocenters. The molecule has 1 saturated heterocycles. The Labute approximate surface area is 70.5 Å². The topological polar surface area (TPSA) is 50.4 Å². The fourth-order valence-electron chi connectivity index (χ4n) is 1.23. The molecule has 0 saturated carbocycles. The van der Waals surface area contributed by atoms with E-state index in [1.807, 2.05) is 0 Å². The van der Waals surface area contributed by atoms with Crippen molar-refractivity contribution >= 4 is 6.09 Å². The van der Waals surface area contributed by atoms with E-state index in [1.165, 1.54) is 0 Å². The number of carbonyl (C=O) groups excluding carboxylic acids is 1. The summed E-state index contributed by atoms with van der Waals surface area (Å²) in [5.41, 5.74) is 0. The van der Waals surface area contributed by atoms with Crippen LogP contribution in [0.5, 0.6) is 0 Å². The molecule has 1 aliphatic heterocycles. The van der Waals surface area contributed by atoms with Crippen molar-refractivity contribution in [1.29, 1.82) is 0 Å². The lowest BCUT2D eigenvalue weighted by Gasteiger charge is -2.22. The first-order valence-electron chi connectivity index (χ1n) is 4.03. The number of alkyl halides is 1. The number of rotatable bonds is 2. The first-order valence-corrected chi connectivity index (χ1v) is 4.03. The van der Waals surface area contributed by atoms with Gasteiger partial charge in [-0.25, -0.2) is 9.18 Å². The van der Waals surface area contributed by atoms with Crippen molar-refractivity contribution in [3.63, 3.8) is 0 Å². The third-order valence-electron chi connectivity index (χ3n) is 1.80. The van der Waals surface area contributed by atoms with Crippen molar-refractivity contribution in [3.05, 3.63) is 0 Å². The number of halogens is 1. The van der Waals surface area contributed by atoms with Crippen LogP contribution in [0.3, 0.4) is 0 Å². The van der Waals surface area contributed by atoms with Crippen LogP contribution in [0.1, 0.15) is 12.8 Å². The van der Waals surface area contributed by atoms with Crippen LogP contribution in [0.4, 0.5) is 9.18 Å². The van der Waals surface area contributed by atoms with Crippen LogP contribution < -0.4 is 10.6 Å². The van der Waals surface area contributed by atoms with E-state index in [9.17, 15) is 9.18 Å². The van der Waals surface area contributed by atoms with Crippen molar-refractivity contribution in [2.24, 2.45) is 0 Å². The molecule has 0 aliphatic carbocycles. The molecule has 0 bridgehead atoms. The van der Waals surface area contributed by atoms with Gasteiger partial charge in [-0.15, -0.1) is 0 Å². The van der Waals surface area contributed by atoms with E-state index in [0.717, 1.165) is 25.9 Å². The van der Waals surface area contributed by atoms with E-state index in [-0.39, 0.29) is 6.04 Å². The highest BCUT2D eigenvalue weighted by molar-refractivity contribution is 5.67. The number of hydrogen-bond donors (Lipinski definition) is 2. The van der Waals surface area contributed by atoms with Crippen molar-refractivity contribution in [2.75, 3.05) is 20.0 Å². The van der Waals surface area contributed by atoms with E-state index in [1.54, 1.807) is 0 Å². The highest BCUT2D eigenvalue weighted by atomic mass is 19.1. The molecule has 1 amide bonds. The van der Waals surface area contributed by atoms with Gasteiger partial charge in [0.15, 0.2) is 0 Å². The number of hydrogen-bond acceptors (Lipinski definition) is 3. The summed E-state index contributed by atoms with van der Waals surface area (Å²) in [4.78, 5) is 10.7. The molecule has 0 spiro atoms. The monoisotopic (exact) mass is 176 g/mol. The Morgan fingerprint density at radius 3 is 3.17 bits per heavy atom. The van der Waals surface area contributed by atoms with Gasteiger partial charge in [-0.05, 0) is 19.4 Å². The molecule has 1 unspecified atom stereocenters. The van der Waals surface area contributed by atoms with Gasteiger partial charge in [0.2, 0.25) is 6.86 Å².